The second kappa shape index (κ2) is 6.14. The highest BCUT2D eigenvalue weighted by Crippen LogP contribution is 2.08. The highest BCUT2D eigenvalue weighted by Gasteiger charge is 2.11. The lowest BCUT2D eigenvalue weighted by atomic mass is 10.1. The summed E-state index contributed by atoms with van der Waals surface area (Å²) in [7, 11) is 3.32. The maximum absolute atomic E-state index is 11.7. The first-order chi connectivity index (χ1) is 8.40. The van der Waals surface area contributed by atoms with Crippen molar-refractivity contribution in [3.8, 4) is 0 Å². The van der Waals surface area contributed by atoms with E-state index in [0.29, 0.717) is 17.9 Å². The van der Waals surface area contributed by atoms with Gasteiger partial charge in [0.2, 0.25) is 5.91 Å². The van der Waals surface area contributed by atoms with E-state index in [9.17, 15) is 9.59 Å². The average molecular weight is 251 g/mol. The predicted molar refractivity (Wildman–Crippen MR) is 72.5 cm³/mol. The molecule has 0 saturated heterocycles. The molecule has 0 aliphatic heterocycles. The SMILES string of the molecule is CC(C)CC(=O)Nc1cccc(C(=O)N(C)C)n1.[HH]. The van der Waals surface area contributed by atoms with Crippen LogP contribution in [0.3, 0.4) is 0 Å². The summed E-state index contributed by atoms with van der Waals surface area (Å²) in [5, 5.41) is 2.69. The molecule has 2 amide bonds. The number of amides is 2. The largest absolute Gasteiger partial charge is 0.343 e. The molecule has 5 heteroatoms. The molecule has 1 rings (SSSR count). The Morgan fingerprint density at radius 1 is 1.39 bits per heavy atom. The minimum atomic E-state index is -0.185. The number of pyridine rings is 1. The number of hydrogen-bond acceptors (Lipinski definition) is 3. The maximum atomic E-state index is 11.7. The highest BCUT2D eigenvalue weighted by molar-refractivity contribution is 5.94. The summed E-state index contributed by atoms with van der Waals surface area (Å²) in [6, 6.07) is 5.00. The monoisotopic (exact) mass is 251 g/mol. The van der Waals surface area contributed by atoms with Crippen LogP contribution in [0.5, 0.6) is 0 Å². The topological polar surface area (TPSA) is 62.3 Å². The van der Waals surface area contributed by atoms with Gasteiger partial charge in [0, 0.05) is 21.9 Å². The first-order valence-corrected chi connectivity index (χ1v) is 5.88. The van der Waals surface area contributed by atoms with E-state index in [1.54, 1.807) is 32.3 Å². The second-order valence-corrected chi connectivity index (χ2v) is 4.75. The summed E-state index contributed by atoms with van der Waals surface area (Å²) in [4.78, 5) is 28.9. The van der Waals surface area contributed by atoms with Gasteiger partial charge >= 0.3 is 0 Å². The number of carbonyl (C=O) groups excluding carboxylic acids is 2. The van der Waals surface area contributed by atoms with Gasteiger partial charge in [0.25, 0.3) is 5.91 Å². The molecule has 0 unspecified atom stereocenters. The minimum Gasteiger partial charge on any atom is -0.343 e. The van der Waals surface area contributed by atoms with Crippen LogP contribution in [0.25, 0.3) is 0 Å². The molecule has 1 N–H and O–H groups in total. The van der Waals surface area contributed by atoms with E-state index in [-0.39, 0.29) is 19.2 Å². The molecule has 0 saturated carbocycles. The van der Waals surface area contributed by atoms with Gasteiger partial charge < -0.3 is 10.2 Å². The van der Waals surface area contributed by atoms with Gasteiger partial charge in [-0.25, -0.2) is 4.98 Å². The van der Waals surface area contributed by atoms with Gasteiger partial charge in [-0.05, 0) is 18.1 Å². The molecule has 0 fully saturated rings. The van der Waals surface area contributed by atoms with Crippen molar-refractivity contribution in [1.82, 2.24) is 9.88 Å². The zero-order valence-electron chi connectivity index (χ0n) is 11.2. The Hall–Kier alpha value is -1.91. The fourth-order valence-electron chi connectivity index (χ4n) is 1.42. The number of nitrogens with zero attached hydrogens (tertiary/aromatic N) is 2. The third-order valence-corrected chi connectivity index (χ3v) is 2.24. The van der Waals surface area contributed by atoms with Gasteiger partial charge in [0.05, 0.1) is 0 Å². The van der Waals surface area contributed by atoms with Gasteiger partial charge in [0.1, 0.15) is 11.5 Å². The minimum absolute atomic E-state index is 0. The van der Waals surface area contributed by atoms with Gasteiger partial charge in [-0.2, -0.15) is 0 Å². The van der Waals surface area contributed by atoms with E-state index in [1.807, 2.05) is 13.8 Å². The van der Waals surface area contributed by atoms with Crippen LogP contribution in [0, 0.1) is 5.92 Å². The lowest BCUT2D eigenvalue weighted by Gasteiger charge is -2.11. The third kappa shape index (κ3) is 4.16. The molecule has 18 heavy (non-hydrogen) atoms. The van der Waals surface area contributed by atoms with Crippen LogP contribution >= 0.6 is 0 Å². The van der Waals surface area contributed by atoms with Gasteiger partial charge in [-0.15, -0.1) is 0 Å². The Kier molecular flexibility index (Phi) is 4.83. The Morgan fingerprint density at radius 2 is 2.06 bits per heavy atom. The van der Waals surface area contributed by atoms with Crippen molar-refractivity contribution < 1.29 is 11.0 Å². The Labute approximate surface area is 109 Å². The Balaban J connectivity index is 0.00000324. The standard InChI is InChI=1S/C13H19N3O2.H2/c1-9(2)8-12(17)15-11-7-5-6-10(14-11)13(18)16(3)4;/h5-7,9H,8H2,1-4H3,(H,14,15,17);1H. The van der Waals surface area contributed by atoms with E-state index in [0.717, 1.165) is 0 Å². The van der Waals surface area contributed by atoms with Crippen molar-refractivity contribution in [3.63, 3.8) is 0 Å². The maximum Gasteiger partial charge on any atom is 0.272 e. The third-order valence-electron chi connectivity index (χ3n) is 2.24. The van der Waals surface area contributed by atoms with Crippen LogP contribution in [-0.2, 0) is 4.79 Å². The fourth-order valence-corrected chi connectivity index (χ4v) is 1.42. The molecule has 0 aliphatic rings. The summed E-state index contributed by atoms with van der Waals surface area (Å²) in [5.41, 5.74) is 0.322. The summed E-state index contributed by atoms with van der Waals surface area (Å²) in [6.45, 7) is 3.94. The van der Waals surface area contributed by atoms with Crippen LogP contribution in [-0.4, -0.2) is 35.8 Å². The van der Waals surface area contributed by atoms with E-state index >= 15 is 0 Å². The zero-order chi connectivity index (χ0) is 13.7. The molecule has 0 spiro atoms. The van der Waals surface area contributed by atoms with Crippen molar-refractivity contribution in [2.24, 2.45) is 5.92 Å². The molecule has 0 radical (unpaired) electrons. The Bertz CT molecular complexity index is 447. The van der Waals surface area contributed by atoms with Crippen molar-refractivity contribution in [2.45, 2.75) is 20.3 Å². The van der Waals surface area contributed by atoms with Crippen molar-refractivity contribution in [3.05, 3.63) is 23.9 Å². The fraction of sp³-hybridized carbons (Fsp3) is 0.462. The first kappa shape index (κ1) is 14.2. The molecule has 0 atom stereocenters. The van der Waals surface area contributed by atoms with Crippen molar-refractivity contribution in [1.29, 1.82) is 0 Å². The molecular formula is C13H21N3O2. The second-order valence-electron chi connectivity index (χ2n) is 4.75. The molecule has 1 heterocycles. The molecule has 1 aromatic heterocycles. The van der Waals surface area contributed by atoms with Gasteiger partial charge in [-0.3, -0.25) is 9.59 Å². The van der Waals surface area contributed by atoms with Crippen molar-refractivity contribution >= 4 is 17.6 Å². The van der Waals surface area contributed by atoms with Crippen LogP contribution in [0.2, 0.25) is 0 Å². The molecular weight excluding hydrogens is 230 g/mol. The highest BCUT2D eigenvalue weighted by atomic mass is 16.2. The number of hydrogen-bond donors (Lipinski definition) is 1. The molecule has 5 nitrogen and oxygen atoms in total. The summed E-state index contributed by atoms with van der Waals surface area (Å²) in [6.07, 6.45) is 0.438. The van der Waals surface area contributed by atoms with Crippen LogP contribution in [0.15, 0.2) is 18.2 Å². The average Bonchev–Trinajstić information content (AvgIpc) is 2.26. The van der Waals surface area contributed by atoms with Crippen LogP contribution in [0.1, 0.15) is 32.2 Å². The quantitative estimate of drug-likeness (QED) is 0.890. The summed E-state index contributed by atoms with van der Waals surface area (Å²) >= 11 is 0. The first-order valence-electron chi connectivity index (χ1n) is 5.88. The number of aromatic nitrogens is 1. The lowest BCUT2D eigenvalue weighted by Crippen LogP contribution is -2.23. The predicted octanol–water partition coefficient (Wildman–Crippen LogP) is 2.01. The molecule has 0 bridgehead atoms. The zero-order valence-corrected chi connectivity index (χ0v) is 11.2. The molecule has 1 aromatic rings. The molecule has 0 aliphatic carbocycles. The molecule has 100 valence electrons. The van der Waals surface area contributed by atoms with Gasteiger partial charge in [-0.1, -0.05) is 19.9 Å². The number of anilines is 1. The van der Waals surface area contributed by atoms with E-state index in [4.69, 9.17) is 0 Å². The number of rotatable bonds is 4. The summed E-state index contributed by atoms with van der Waals surface area (Å²) in [5.74, 6) is 0.423. The van der Waals surface area contributed by atoms with E-state index in [2.05, 4.69) is 10.3 Å². The Morgan fingerprint density at radius 3 is 2.61 bits per heavy atom. The number of nitrogens with one attached hydrogen (secondary N) is 1. The number of carbonyl (C=O) groups is 2. The van der Waals surface area contributed by atoms with Crippen LogP contribution < -0.4 is 5.32 Å². The van der Waals surface area contributed by atoms with Crippen LogP contribution in [0.4, 0.5) is 5.82 Å². The van der Waals surface area contributed by atoms with Crippen molar-refractivity contribution in [2.75, 3.05) is 19.4 Å². The summed E-state index contributed by atoms with van der Waals surface area (Å²) < 4.78 is 0. The van der Waals surface area contributed by atoms with E-state index in [1.165, 1.54) is 4.90 Å². The van der Waals surface area contributed by atoms with E-state index < -0.39 is 0 Å². The smallest absolute Gasteiger partial charge is 0.272 e. The van der Waals surface area contributed by atoms with Gasteiger partial charge in [0.15, 0.2) is 0 Å². The normalized spacial score (nSPS) is 10.3. The molecule has 0 aromatic carbocycles. The lowest BCUT2D eigenvalue weighted by molar-refractivity contribution is -0.116.